The van der Waals surface area contributed by atoms with Crippen molar-refractivity contribution >= 4 is 27.3 Å². The second-order valence-electron chi connectivity index (χ2n) is 5.71. The van der Waals surface area contributed by atoms with Gasteiger partial charge in [0.15, 0.2) is 0 Å². The molecule has 4 rings (SSSR count). The highest BCUT2D eigenvalue weighted by atomic mass is 32.1. The van der Waals surface area contributed by atoms with E-state index in [9.17, 15) is 4.79 Å². The molecule has 1 amide bonds. The largest absolute Gasteiger partial charge is 0.382 e. The average molecular weight is 327 g/mol. The van der Waals surface area contributed by atoms with Crippen LogP contribution in [0.25, 0.3) is 10.1 Å². The Balaban J connectivity index is 1.67. The van der Waals surface area contributed by atoms with Gasteiger partial charge in [-0.25, -0.2) is 0 Å². The molecule has 0 N–H and O–H groups in total. The lowest BCUT2D eigenvalue weighted by molar-refractivity contribution is 0.0581. The van der Waals surface area contributed by atoms with E-state index in [2.05, 4.69) is 11.2 Å². The lowest BCUT2D eigenvalue weighted by Crippen LogP contribution is -2.42. The van der Waals surface area contributed by atoms with Gasteiger partial charge in [-0.05, 0) is 12.1 Å². The van der Waals surface area contributed by atoms with Crippen LogP contribution in [0.5, 0.6) is 0 Å². The fourth-order valence-electron chi connectivity index (χ4n) is 3.17. The summed E-state index contributed by atoms with van der Waals surface area (Å²) in [4.78, 5) is 14.9. The van der Waals surface area contributed by atoms with E-state index in [1.165, 1.54) is 0 Å². The van der Waals surface area contributed by atoms with Crippen molar-refractivity contribution in [1.82, 2.24) is 14.7 Å². The van der Waals surface area contributed by atoms with Gasteiger partial charge in [-0.1, -0.05) is 18.2 Å². The van der Waals surface area contributed by atoms with E-state index in [-0.39, 0.29) is 11.9 Å². The lowest BCUT2D eigenvalue weighted by Gasteiger charge is -2.33. The number of aromatic nitrogens is 2. The number of benzene rings is 1. The molecule has 23 heavy (non-hydrogen) atoms. The molecule has 0 aliphatic carbocycles. The molecule has 3 heterocycles. The third-order valence-corrected chi connectivity index (χ3v) is 5.20. The highest BCUT2D eigenvalue weighted by molar-refractivity contribution is 7.17. The van der Waals surface area contributed by atoms with Crippen molar-refractivity contribution in [2.75, 3.05) is 20.3 Å². The Labute approximate surface area is 138 Å². The van der Waals surface area contributed by atoms with Crippen LogP contribution in [0.1, 0.15) is 22.1 Å². The second-order valence-corrected chi connectivity index (χ2v) is 6.62. The summed E-state index contributed by atoms with van der Waals surface area (Å²) in [6.07, 6.45) is 1.78. The smallest absolute Gasteiger partial charge is 0.255 e. The summed E-state index contributed by atoms with van der Waals surface area (Å²) in [6, 6.07) is 10.1. The van der Waals surface area contributed by atoms with Crippen LogP contribution in [0.4, 0.5) is 0 Å². The molecular formula is C17H17N3O2S. The molecule has 1 aromatic carbocycles. The first-order valence-corrected chi connectivity index (χ1v) is 8.42. The van der Waals surface area contributed by atoms with Gasteiger partial charge in [0.1, 0.15) is 0 Å². The molecule has 0 spiro atoms. The van der Waals surface area contributed by atoms with Gasteiger partial charge >= 0.3 is 0 Å². The fourth-order valence-corrected chi connectivity index (χ4v) is 4.11. The molecule has 2 aromatic heterocycles. The number of carbonyl (C=O) groups excluding carboxylic acids is 1. The van der Waals surface area contributed by atoms with Gasteiger partial charge in [-0.3, -0.25) is 9.48 Å². The Bertz CT molecular complexity index is 854. The third-order valence-electron chi connectivity index (χ3n) is 4.24. The van der Waals surface area contributed by atoms with Crippen LogP contribution in [0.2, 0.25) is 0 Å². The van der Waals surface area contributed by atoms with Gasteiger partial charge in [0, 0.05) is 35.3 Å². The van der Waals surface area contributed by atoms with Gasteiger partial charge in [0.05, 0.1) is 30.5 Å². The van der Waals surface area contributed by atoms with E-state index in [1.54, 1.807) is 24.6 Å². The summed E-state index contributed by atoms with van der Waals surface area (Å²) in [7, 11) is 1.68. The van der Waals surface area contributed by atoms with Crippen LogP contribution < -0.4 is 0 Å². The molecule has 1 unspecified atom stereocenters. The van der Waals surface area contributed by atoms with Crippen LogP contribution >= 0.6 is 11.3 Å². The van der Waals surface area contributed by atoms with Crippen molar-refractivity contribution in [3.63, 3.8) is 0 Å². The Morgan fingerprint density at radius 1 is 1.39 bits per heavy atom. The number of thiophene rings is 1. The molecule has 0 saturated carbocycles. The number of methoxy groups -OCH3 is 1. The fraction of sp³-hybridized carbons (Fsp3) is 0.294. The van der Waals surface area contributed by atoms with Gasteiger partial charge in [0.2, 0.25) is 0 Å². The highest BCUT2D eigenvalue weighted by Gasteiger charge is 2.29. The van der Waals surface area contributed by atoms with E-state index < -0.39 is 0 Å². The molecule has 3 aromatic rings. The predicted octanol–water partition coefficient (Wildman–Crippen LogP) is 2.94. The standard InChI is InChI=1S/C17H17N3O2S/c1-22-10-13-9-19(8-12-6-7-18-20(12)13)17(21)15-11-23-16-5-3-2-4-14(15)16/h2-7,11,13H,8-10H2,1H3. The zero-order valence-electron chi connectivity index (χ0n) is 12.8. The number of carbonyl (C=O) groups is 1. The molecule has 0 fully saturated rings. The Hall–Kier alpha value is -2.18. The first-order valence-electron chi connectivity index (χ1n) is 7.55. The number of ether oxygens (including phenoxy) is 1. The molecule has 1 aliphatic heterocycles. The normalized spacial score (nSPS) is 17.4. The molecular weight excluding hydrogens is 310 g/mol. The van der Waals surface area contributed by atoms with E-state index in [4.69, 9.17) is 4.74 Å². The van der Waals surface area contributed by atoms with E-state index in [0.29, 0.717) is 19.7 Å². The Morgan fingerprint density at radius 3 is 3.13 bits per heavy atom. The minimum absolute atomic E-state index is 0.0626. The van der Waals surface area contributed by atoms with Crippen LogP contribution in [-0.4, -0.2) is 40.8 Å². The van der Waals surface area contributed by atoms with Gasteiger partial charge in [-0.15, -0.1) is 11.3 Å². The predicted molar refractivity (Wildman–Crippen MR) is 89.7 cm³/mol. The Kier molecular flexibility index (Phi) is 3.63. The number of rotatable bonds is 3. The summed E-state index contributed by atoms with van der Waals surface area (Å²) in [5.41, 5.74) is 1.83. The maximum Gasteiger partial charge on any atom is 0.255 e. The van der Waals surface area contributed by atoms with Crippen LogP contribution in [0.3, 0.4) is 0 Å². The molecule has 6 heteroatoms. The van der Waals surface area contributed by atoms with Crippen LogP contribution in [-0.2, 0) is 11.3 Å². The van der Waals surface area contributed by atoms with Gasteiger partial charge < -0.3 is 9.64 Å². The molecule has 0 bridgehead atoms. The van der Waals surface area contributed by atoms with E-state index in [1.807, 2.05) is 39.2 Å². The SMILES string of the molecule is COCC1CN(C(=O)c2csc3ccccc23)Cc2ccnn21. The molecule has 118 valence electrons. The number of nitrogens with zero attached hydrogens (tertiary/aromatic N) is 3. The second kappa shape index (κ2) is 5.79. The highest BCUT2D eigenvalue weighted by Crippen LogP contribution is 2.29. The van der Waals surface area contributed by atoms with Crippen molar-refractivity contribution in [1.29, 1.82) is 0 Å². The van der Waals surface area contributed by atoms with Crippen molar-refractivity contribution in [2.24, 2.45) is 0 Å². The van der Waals surface area contributed by atoms with E-state index in [0.717, 1.165) is 21.3 Å². The Morgan fingerprint density at radius 2 is 2.26 bits per heavy atom. The number of hydrogen-bond acceptors (Lipinski definition) is 4. The maximum atomic E-state index is 13.0. The monoisotopic (exact) mass is 327 g/mol. The van der Waals surface area contributed by atoms with Gasteiger partial charge in [-0.2, -0.15) is 5.10 Å². The third kappa shape index (κ3) is 2.44. The quantitative estimate of drug-likeness (QED) is 0.743. The minimum Gasteiger partial charge on any atom is -0.382 e. The molecule has 0 radical (unpaired) electrons. The molecule has 5 nitrogen and oxygen atoms in total. The number of amides is 1. The molecule has 1 aliphatic rings. The summed E-state index contributed by atoms with van der Waals surface area (Å²) in [5.74, 6) is 0.0796. The first-order chi connectivity index (χ1) is 11.3. The molecule has 1 atom stereocenters. The van der Waals surface area contributed by atoms with E-state index >= 15 is 0 Å². The summed E-state index contributed by atoms with van der Waals surface area (Å²) >= 11 is 1.61. The molecule has 0 saturated heterocycles. The number of fused-ring (bicyclic) bond motifs is 2. The summed E-state index contributed by atoms with van der Waals surface area (Å²) in [6.45, 7) is 1.75. The zero-order chi connectivity index (χ0) is 15.8. The summed E-state index contributed by atoms with van der Waals surface area (Å²) in [5, 5.41) is 7.36. The van der Waals surface area contributed by atoms with Gasteiger partial charge in [0.25, 0.3) is 5.91 Å². The number of hydrogen-bond donors (Lipinski definition) is 0. The van der Waals surface area contributed by atoms with Crippen LogP contribution in [0, 0.1) is 0 Å². The van der Waals surface area contributed by atoms with Crippen molar-refractivity contribution in [3.05, 3.63) is 53.2 Å². The van der Waals surface area contributed by atoms with Crippen molar-refractivity contribution in [2.45, 2.75) is 12.6 Å². The van der Waals surface area contributed by atoms with Crippen molar-refractivity contribution < 1.29 is 9.53 Å². The zero-order valence-corrected chi connectivity index (χ0v) is 13.6. The lowest BCUT2D eigenvalue weighted by atomic mass is 10.1. The van der Waals surface area contributed by atoms with Crippen molar-refractivity contribution in [3.8, 4) is 0 Å². The maximum absolute atomic E-state index is 13.0. The average Bonchev–Trinajstić information content (AvgIpc) is 3.21. The van der Waals surface area contributed by atoms with Crippen LogP contribution in [0.15, 0.2) is 41.9 Å². The topological polar surface area (TPSA) is 47.4 Å². The minimum atomic E-state index is 0.0626. The first kappa shape index (κ1) is 14.4. The summed E-state index contributed by atoms with van der Waals surface area (Å²) < 4.78 is 8.42.